The van der Waals surface area contributed by atoms with Crippen LogP contribution < -0.4 is 16.0 Å². The molecule has 0 aliphatic heterocycles. The van der Waals surface area contributed by atoms with Crippen LogP contribution in [-0.4, -0.2) is 51.2 Å². The van der Waals surface area contributed by atoms with Gasteiger partial charge in [-0.3, -0.25) is 10.1 Å². The molecular formula is C25H29Cl2N5O4. The lowest BCUT2D eigenvalue weighted by molar-refractivity contribution is -0.121. The minimum absolute atomic E-state index is 0.0201. The monoisotopic (exact) mass is 533 g/mol. The zero-order valence-electron chi connectivity index (χ0n) is 20.2. The van der Waals surface area contributed by atoms with E-state index in [0.29, 0.717) is 22.2 Å². The number of hydrogen-bond donors (Lipinski definition) is 5. The van der Waals surface area contributed by atoms with Gasteiger partial charge in [-0.1, -0.05) is 62.2 Å². The van der Waals surface area contributed by atoms with Crippen LogP contribution in [0.25, 0.3) is 5.69 Å². The number of aliphatic hydroxyl groups excluding tert-OH is 2. The van der Waals surface area contributed by atoms with Crippen LogP contribution in [0.5, 0.6) is 0 Å². The second-order valence-corrected chi connectivity index (χ2v) is 10.0. The van der Waals surface area contributed by atoms with Crippen LogP contribution in [0, 0.1) is 0 Å². The number of halogens is 2. The van der Waals surface area contributed by atoms with E-state index in [0.717, 1.165) is 11.3 Å². The normalized spacial score (nSPS) is 12.2. The molecule has 1 atom stereocenters. The van der Waals surface area contributed by atoms with Crippen molar-refractivity contribution < 1.29 is 19.8 Å². The van der Waals surface area contributed by atoms with Gasteiger partial charge in [-0.15, -0.1) is 0 Å². The first kappa shape index (κ1) is 27.5. The van der Waals surface area contributed by atoms with Crippen LogP contribution in [0.15, 0.2) is 48.5 Å². The van der Waals surface area contributed by atoms with E-state index in [1.54, 1.807) is 53.2 Å². The molecule has 0 aliphatic rings. The van der Waals surface area contributed by atoms with Gasteiger partial charge in [0.2, 0.25) is 5.91 Å². The number of carbonyl (C=O) groups excluding carboxylic acids is 2. The molecule has 0 bridgehead atoms. The molecular weight excluding hydrogens is 505 g/mol. The fourth-order valence-electron chi connectivity index (χ4n) is 3.20. The van der Waals surface area contributed by atoms with E-state index in [4.69, 9.17) is 28.3 Å². The van der Waals surface area contributed by atoms with Gasteiger partial charge in [-0.2, -0.15) is 5.10 Å². The topological polar surface area (TPSA) is 129 Å². The zero-order valence-corrected chi connectivity index (χ0v) is 21.7. The minimum atomic E-state index is -0.994. The average molecular weight is 534 g/mol. The molecule has 3 rings (SSSR count). The van der Waals surface area contributed by atoms with Gasteiger partial charge in [-0.25, -0.2) is 9.48 Å². The summed E-state index contributed by atoms with van der Waals surface area (Å²) in [6.45, 7) is 5.61. The van der Waals surface area contributed by atoms with Gasteiger partial charge in [-0.05, 0) is 29.8 Å². The molecule has 2 aromatic carbocycles. The van der Waals surface area contributed by atoms with Crippen molar-refractivity contribution in [1.82, 2.24) is 15.1 Å². The number of aliphatic hydroxyl groups is 2. The van der Waals surface area contributed by atoms with Crippen LogP contribution in [-0.2, 0) is 16.6 Å². The quantitative estimate of drug-likeness (QED) is 0.297. The maximum atomic E-state index is 12.8. The van der Waals surface area contributed by atoms with E-state index < -0.39 is 18.7 Å². The Bertz CT molecular complexity index is 1220. The van der Waals surface area contributed by atoms with Crippen LogP contribution in [0.4, 0.5) is 16.3 Å². The molecule has 36 heavy (non-hydrogen) atoms. The molecule has 0 aliphatic carbocycles. The Balaban J connectivity index is 1.79. The third-order valence-electron chi connectivity index (χ3n) is 5.21. The molecule has 9 nitrogen and oxygen atoms in total. The zero-order chi connectivity index (χ0) is 26.5. The molecule has 1 aromatic heterocycles. The van der Waals surface area contributed by atoms with Crippen molar-refractivity contribution in [2.45, 2.75) is 38.7 Å². The lowest BCUT2D eigenvalue weighted by atomic mass is 9.92. The predicted molar refractivity (Wildman–Crippen MR) is 141 cm³/mol. The molecule has 3 amide bonds. The molecule has 1 unspecified atom stereocenters. The molecule has 0 saturated carbocycles. The van der Waals surface area contributed by atoms with Gasteiger partial charge < -0.3 is 20.8 Å². The Kier molecular flexibility index (Phi) is 8.97. The van der Waals surface area contributed by atoms with Crippen LogP contribution in [0.2, 0.25) is 10.0 Å². The molecule has 0 spiro atoms. The smallest absolute Gasteiger partial charge is 0.324 e. The van der Waals surface area contributed by atoms with E-state index in [2.05, 4.69) is 21.0 Å². The number of urea groups is 1. The van der Waals surface area contributed by atoms with Gasteiger partial charge in [0.1, 0.15) is 5.82 Å². The summed E-state index contributed by atoms with van der Waals surface area (Å²) < 4.78 is 1.61. The standard InChI is InChI=1S/C25H29Cl2N5O4/c1-25(2,3)20-12-21(30-24(36)29-19-6-4-5-18(26)23(19)27)32(31-20)16-9-7-15(8-10-16)11-22(35)28-13-17(34)14-33/h4-10,12,17,33-34H,11,13-14H2,1-3H3,(H,28,35)(H2,29,30,36). The van der Waals surface area contributed by atoms with E-state index >= 15 is 0 Å². The highest BCUT2D eigenvalue weighted by atomic mass is 35.5. The first-order valence-corrected chi connectivity index (χ1v) is 12.0. The Morgan fingerprint density at radius 1 is 1.08 bits per heavy atom. The fraction of sp³-hybridized carbons (Fsp3) is 0.320. The summed E-state index contributed by atoms with van der Waals surface area (Å²) in [5, 5.41) is 31.6. The summed E-state index contributed by atoms with van der Waals surface area (Å²) in [6, 6.07) is 13.4. The molecule has 3 aromatic rings. The predicted octanol–water partition coefficient (Wildman–Crippen LogP) is 4.13. The highest BCUT2D eigenvalue weighted by molar-refractivity contribution is 6.44. The Labute approximate surface area is 219 Å². The van der Waals surface area contributed by atoms with E-state index in [1.165, 1.54) is 0 Å². The summed E-state index contributed by atoms with van der Waals surface area (Å²) in [5.74, 6) is 0.169. The van der Waals surface area contributed by atoms with Gasteiger partial charge >= 0.3 is 6.03 Å². The maximum Gasteiger partial charge on any atom is 0.324 e. The van der Waals surface area contributed by atoms with Gasteiger partial charge in [0.15, 0.2) is 0 Å². The lowest BCUT2D eigenvalue weighted by Gasteiger charge is -2.14. The first-order chi connectivity index (χ1) is 17.0. The van der Waals surface area contributed by atoms with Gasteiger partial charge in [0.25, 0.3) is 0 Å². The number of aromatic nitrogens is 2. The fourth-order valence-corrected chi connectivity index (χ4v) is 3.55. The number of amides is 3. The van der Waals surface area contributed by atoms with Crippen LogP contribution >= 0.6 is 23.2 Å². The minimum Gasteiger partial charge on any atom is -0.394 e. The molecule has 1 heterocycles. The first-order valence-electron chi connectivity index (χ1n) is 11.3. The molecule has 5 N–H and O–H groups in total. The maximum absolute atomic E-state index is 12.8. The van der Waals surface area contributed by atoms with Crippen molar-refractivity contribution in [2.24, 2.45) is 0 Å². The number of rotatable bonds is 8. The Morgan fingerprint density at radius 2 is 1.78 bits per heavy atom. The molecule has 0 saturated heterocycles. The van der Waals surface area contributed by atoms with Crippen LogP contribution in [0.3, 0.4) is 0 Å². The number of nitrogens with zero attached hydrogens (tertiary/aromatic N) is 2. The van der Waals surface area contributed by atoms with E-state index in [1.807, 2.05) is 20.8 Å². The highest BCUT2D eigenvalue weighted by Gasteiger charge is 2.22. The lowest BCUT2D eigenvalue weighted by Crippen LogP contribution is -2.34. The molecule has 11 heteroatoms. The summed E-state index contributed by atoms with van der Waals surface area (Å²) in [7, 11) is 0. The SMILES string of the molecule is CC(C)(C)c1cc(NC(=O)Nc2cccc(Cl)c2Cl)n(-c2ccc(CC(=O)NCC(O)CO)cc2)n1. The largest absolute Gasteiger partial charge is 0.394 e. The highest BCUT2D eigenvalue weighted by Crippen LogP contribution is 2.30. The number of nitrogens with one attached hydrogen (secondary N) is 3. The van der Waals surface area contributed by atoms with Crippen molar-refractivity contribution in [3.63, 3.8) is 0 Å². The van der Waals surface area contributed by atoms with E-state index in [-0.39, 0.29) is 29.3 Å². The number of carbonyl (C=O) groups is 2. The number of anilines is 2. The summed E-state index contributed by atoms with van der Waals surface area (Å²) in [6.07, 6.45) is -0.884. The van der Waals surface area contributed by atoms with Crippen molar-refractivity contribution >= 4 is 46.6 Å². The van der Waals surface area contributed by atoms with Crippen molar-refractivity contribution in [3.05, 3.63) is 69.8 Å². The average Bonchev–Trinajstić information content (AvgIpc) is 3.25. The second-order valence-electron chi connectivity index (χ2n) is 9.24. The van der Waals surface area contributed by atoms with Gasteiger partial charge in [0, 0.05) is 18.0 Å². The third-order valence-corrected chi connectivity index (χ3v) is 6.03. The van der Waals surface area contributed by atoms with Gasteiger partial charge in [0.05, 0.1) is 46.2 Å². The second kappa shape index (κ2) is 11.7. The summed E-state index contributed by atoms with van der Waals surface area (Å²) >= 11 is 12.2. The number of hydrogen-bond acceptors (Lipinski definition) is 5. The van der Waals surface area contributed by atoms with E-state index in [9.17, 15) is 14.7 Å². The van der Waals surface area contributed by atoms with Crippen molar-refractivity contribution in [3.8, 4) is 5.69 Å². The van der Waals surface area contributed by atoms with Crippen LogP contribution in [0.1, 0.15) is 32.0 Å². The molecule has 192 valence electrons. The molecule has 0 fully saturated rings. The summed E-state index contributed by atoms with van der Waals surface area (Å²) in [5.41, 5.74) is 2.30. The summed E-state index contributed by atoms with van der Waals surface area (Å²) in [4.78, 5) is 24.8. The van der Waals surface area contributed by atoms with Crippen molar-refractivity contribution in [1.29, 1.82) is 0 Å². The van der Waals surface area contributed by atoms with Crippen molar-refractivity contribution in [2.75, 3.05) is 23.8 Å². The number of benzene rings is 2. The molecule has 0 radical (unpaired) electrons. The third kappa shape index (κ3) is 7.20. The Hall–Kier alpha value is -3.11. The Morgan fingerprint density at radius 3 is 2.42 bits per heavy atom.